The third-order valence-electron chi connectivity index (χ3n) is 6.36. The molecule has 8 heteroatoms. The highest BCUT2D eigenvalue weighted by Crippen LogP contribution is 2.46. The van der Waals surface area contributed by atoms with Crippen LogP contribution in [-0.4, -0.2) is 53.5 Å². The number of likely N-dealkylation sites (tertiary alicyclic amines) is 1. The quantitative estimate of drug-likeness (QED) is 0.559. The van der Waals surface area contributed by atoms with Gasteiger partial charge in [-0.2, -0.15) is 0 Å². The maximum atomic E-state index is 13.5. The second-order valence-electron chi connectivity index (χ2n) is 8.27. The molecule has 1 aliphatic carbocycles. The van der Waals surface area contributed by atoms with Crippen molar-refractivity contribution in [1.82, 2.24) is 10.2 Å². The molecule has 1 aromatic rings. The van der Waals surface area contributed by atoms with E-state index in [-0.39, 0.29) is 30.2 Å². The summed E-state index contributed by atoms with van der Waals surface area (Å²) in [6.07, 6.45) is 5.53. The molecule has 1 saturated heterocycles. The van der Waals surface area contributed by atoms with Crippen molar-refractivity contribution in [2.24, 2.45) is 23.7 Å². The summed E-state index contributed by atoms with van der Waals surface area (Å²) in [5.41, 5.74) is 0.452. The molecular formula is C23H30ClN3O4. The van der Waals surface area contributed by atoms with E-state index in [0.717, 1.165) is 12.8 Å². The number of amides is 3. The number of hydrogen-bond acceptors (Lipinski definition) is 4. The van der Waals surface area contributed by atoms with Gasteiger partial charge in [0.15, 0.2) is 0 Å². The van der Waals surface area contributed by atoms with Crippen molar-refractivity contribution < 1.29 is 19.5 Å². The number of hydrogen-bond donors (Lipinski definition) is 3. The molecule has 6 atom stereocenters. The number of anilines is 1. The Morgan fingerprint density at radius 1 is 1.23 bits per heavy atom. The topological polar surface area (TPSA) is 98.7 Å². The molecule has 1 heterocycles. The van der Waals surface area contributed by atoms with E-state index in [2.05, 4.69) is 10.6 Å². The van der Waals surface area contributed by atoms with Crippen molar-refractivity contribution >= 4 is 35.0 Å². The fourth-order valence-corrected chi connectivity index (χ4v) is 5.10. The lowest BCUT2D eigenvalue weighted by Gasteiger charge is -2.34. The first-order valence-corrected chi connectivity index (χ1v) is 11.1. The highest BCUT2D eigenvalue weighted by Gasteiger charge is 2.57. The van der Waals surface area contributed by atoms with Crippen LogP contribution in [-0.2, 0) is 14.4 Å². The Bertz CT molecular complexity index is 874. The van der Waals surface area contributed by atoms with Crippen molar-refractivity contribution in [3.63, 3.8) is 0 Å². The minimum atomic E-state index is -0.845. The number of fused-ring (bicyclic) bond motifs is 1. The van der Waals surface area contributed by atoms with Crippen LogP contribution in [0.4, 0.5) is 5.69 Å². The van der Waals surface area contributed by atoms with Crippen LogP contribution >= 0.6 is 11.6 Å². The summed E-state index contributed by atoms with van der Waals surface area (Å²) in [5, 5.41) is 15.7. The molecule has 1 aliphatic heterocycles. The number of nitrogens with zero attached hydrogens (tertiary/aromatic N) is 1. The Kier molecular flexibility index (Phi) is 7.38. The molecule has 7 nitrogen and oxygen atoms in total. The van der Waals surface area contributed by atoms with Crippen LogP contribution in [0.3, 0.4) is 0 Å². The standard InChI is InChI=1S/C23H30ClN3O4/c1-4-7-14-10-11-15-19(18(14)21(29)25-3)23(31)27(13(2)12-28)20(15)22(30)26-17-9-6-5-8-16(17)24/h5-6,8-11,13-15,18-20,28H,4,7,12H2,1-3H3,(H,25,29)(H,26,30)/t13-,14-,15+,18-,19-,20+/m1/s1. The van der Waals surface area contributed by atoms with E-state index in [4.69, 9.17) is 11.6 Å². The third-order valence-corrected chi connectivity index (χ3v) is 6.69. The lowest BCUT2D eigenvalue weighted by Crippen LogP contribution is -2.49. The maximum Gasteiger partial charge on any atom is 0.247 e. The van der Waals surface area contributed by atoms with Gasteiger partial charge in [-0.1, -0.05) is 49.2 Å². The smallest absolute Gasteiger partial charge is 0.247 e. The van der Waals surface area contributed by atoms with E-state index < -0.39 is 29.8 Å². The van der Waals surface area contributed by atoms with Gasteiger partial charge in [-0.05, 0) is 31.4 Å². The Morgan fingerprint density at radius 3 is 2.55 bits per heavy atom. The van der Waals surface area contributed by atoms with Crippen LogP contribution < -0.4 is 10.6 Å². The zero-order chi connectivity index (χ0) is 22.7. The monoisotopic (exact) mass is 447 g/mol. The molecule has 3 amide bonds. The van der Waals surface area contributed by atoms with Crippen LogP contribution in [0.2, 0.25) is 5.02 Å². The molecular weight excluding hydrogens is 418 g/mol. The number of carbonyl (C=O) groups is 3. The second-order valence-corrected chi connectivity index (χ2v) is 8.68. The summed E-state index contributed by atoms with van der Waals surface area (Å²) in [5.74, 6) is -2.62. The summed E-state index contributed by atoms with van der Waals surface area (Å²) < 4.78 is 0. The average molecular weight is 448 g/mol. The predicted molar refractivity (Wildman–Crippen MR) is 119 cm³/mol. The van der Waals surface area contributed by atoms with E-state index in [9.17, 15) is 19.5 Å². The first-order valence-electron chi connectivity index (χ1n) is 10.7. The molecule has 31 heavy (non-hydrogen) atoms. The van der Waals surface area contributed by atoms with Gasteiger partial charge in [0, 0.05) is 13.0 Å². The fraction of sp³-hybridized carbons (Fsp3) is 0.522. The lowest BCUT2D eigenvalue weighted by atomic mass is 9.68. The average Bonchev–Trinajstić information content (AvgIpc) is 3.07. The van der Waals surface area contributed by atoms with E-state index in [0.29, 0.717) is 10.7 Å². The summed E-state index contributed by atoms with van der Waals surface area (Å²) >= 11 is 6.20. The van der Waals surface area contributed by atoms with Crippen LogP contribution in [0.5, 0.6) is 0 Å². The number of aliphatic hydroxyl groups excluding tert-OH is 1. The van der Waals surface area contributed by atoms with Gasteiger partial charge >= 0.3 is 0 Å². The Hall–Kier alpha value is -2.38. The summed E-state index contributed by atoms with van der Waals surface area (Å²) in [7, 11) is 1.56. The molecule has 0 aromatic heterocycles. The number of rotatable bonds is 7. The normalized spacial score (nSPS) is 28.2. The largest absolute Gasteiger partial charge is 0.394 e. The molecule has 2 aliphatic rings. The SMILES string of the molecule is CCC[C@@H]1C=C[C@H]2[C@@H](C(=O)N([C@H](C)CO)[C@@H]2C(=O)Nc2ccccc2Cl)[C@@H]1C(=O)NC. The van der Waals surface area contributed by atoms with Gasteiger partial charge in [0.1, 0.15) is 6.04 Å². The summed E-state index contributed by atoms with van der Waals surface area (Å²) in [4.78, 5) is 41.2. The molecule has 1 fully saturated rings. The highest BCUT2D eigenvalue weighted by atomic mass is 35.5. The minimum Gasteiger partial charge on any atom is -0.394 e. The number of benzene rings is 1. The molecule has 3 N–H and O–H groups in total. The molecule has 0 radical (unpaired) electrons. The van der Waals surface area contributed by atoms with Crippen LogP contribution in [0.1, 0.15) is 26.7 Å². The van der Waals surface area contributed by atoms with E-state index in [1.807, 2.05) is 19.1 Å². The third kappa shape index (κ3) is 4.34. The van der Waals surface area contributed by atoms with E-state index in [1.165, 1.54) is 4.90 Å². The molecule has 0 saturated carbocycles. The number of aliphatic hydroxyl groups is 1. The van der Waals surface area contributed by atoms with Crippen molar-refractivity contribution in [2.75, 3.05) is 19.0 Å². The van der Waals surface area contributed by atoms with Gasteiger partial charge in [-0.25, -0.2) is 0 Å². The Labute approximate surface area is 187 Å². The van der Waals surface area contributed by atoms with Crippen molar-refractivity contribution in [2.45, 2.75) is 38.8 Å². The van der Waals surface area contributed by atoms with E-state index >= 15 is 0 Å². The van der Waals surface area contributed by atoms with E-state index in [1.54, 1.807) is 38.2 Å². The molecule has 0 bridgehead atoms. The number of para-hydroxylation sites is 1. The highest BCUT2D eigenvalue weighted by molar-refractivity contribution is 6.33. The van der Waals surface area contributed by atoms with Gasteiger partial charge < -0.3 is 20.6 Å². The van der Waals surface area contributed by atoms with Gasteiger partial charge in [-0.3, -0.25) is 14.4 Å². The van der Waals surface area contributed by atoms with Crippen molar-refractivity contribution in [3.05, 3.63) is 41.4 Å². The molecule has 3 rings (SSSR count). The zero-order valence-corrected chi connectivity index (χ0v) is 18.8. The van der Waals surface area contributed by atoms with Gasteiger partial charge in [0.25, 0.3) is 0 Å². The molecule has 1 aromatic carbocycles. The molecule has 0 spiro atoms. The predicted octanol–water partition coefficient (Wildman–Crippen LogP) is 2.45. The van der Waals surface area contributed by atoms with Crippen molar-refractivity contribution in [3.8, 4) is 0 Å². The zero-order valence-electron chi connectivity index (χ0n) is 18.0. The Morgan fingerprint density at radius 2 is 1.94 bits per heavy atom. The lowest BCUT2D eigenvalue weighted by molar-refractivity contribution is -0.142. The van der Waals surface area contributed by atoms with Gasteiger partial charge in [0.2, 0.25) is 17.7 Å². The number of nitrogens with one attached hydrogen (secondary N) is 2. The van der Waals surface area contributed by atoms with Crippen LogP contribution in [0.15, 0.2) is 36.4 Å². The van der Waals surface area contributed by atoms with Gasteiger partial charge in [0.05, 0.1) is 35.2 Å². The fourth-order valence-electron chi connectivity index (χ4n) is 4.91. The first-order chi connectivity index (χ1) is 14.8. The number of allylic oxidation sites excluding steroid dienone is 1. The van der Waals surface area contributed by atoms with Gasteiger partial charge in [-0.15, -0.1) is 0 Å². The van der Waals surface area contributed by atoms with Crippen molar-refractivity contribution in [1.29, 1.82) is 0 Å². The first kappa shape index (κ1) is 23.3. The number of carbonyl (C=O) groups excluding carboxylic acids is 3. The summed E-state index contributed by atoms with van der Waals surface area (Å²) in [6.45, 7) is 3.46. The maximum absolute atomic E-state index is 13.5. The molecule has 168 valence electrons. The van der Waals surface area contributed by atoms with Crippen LogP contribution in [0.25, 0.3) is 0 Å². The summed E-state index contributed by atoms with van der Waals surface area (Å²) in [6, 6.07) is 5.47. The van der Waals surface area contributed by atoms with Crippen LogP contribution in [0, 0.1) is 23.7 Å². The minimum absolute atomic E-state index is 0.0770. The number of halogens is 1. The second kappa shape index (κ2) is 9.83. The molecule has 0 unspecified atom stereocenters. The Balaban J connectivity index is 2.02.